The fraction of sp³-hybridized carbons (Fsp3) is 0.474. The Morgan fingerprint density at radius 1 is 1.32 bits per heavy atom. The standard InChI is InChI=1S/C19H25N3O2S/c1-14-17(15-5-3-2-4-6-15)22-16(25-14)7-10-21-18(23)19(13-20)8-11-24-12-9-19/h2-6H,7-13,20H2,1H3,(H,21,23). The molecule has 0 radical (unpaired) electrons. The molecular weight excluding hydrogens is 334 g/mol. The highest BCUT2D eigenvalue weighted by atomic mass is 32.1. The van der Waals surface area contributed by atoms with Gasteiger partial charge >= 0.3 is 0 Å². The van der Waals surface area contributed by atoms with Gasteiger partial charge in [-0.1, -0.05) is 30.3 Å². The number of nitrogens with two attached hydrogens (primary N) is 1. The number of aromatic nitrogens is 1. The number of hydrogen-bond acceptors (Lipinski definition) is 5. The monoisotopic (exact) mass is 359 g/mol. The van der Waals surface area contributed by atoms with E-state index in [0.29, 0.717) is 39.1 Å². The van der Waals surface area contributed by atoms with E-state index in [4.69, 9.17) is 15.5 Å². The zero-order valence-corrected chi connectivity index (χ0v) is 15.4. The van der Waals surface area contributed by atoms with Crippen LogP contribution in [0.4, 0.5) is 0 Å². The van der Waals surface area contributed by atoms with Gasteiger partial charge in [-0.3, -0.25) is 4.79 Å². The molecule has 0 aliphatic carbocycles. The zero-order chi connectivity index (χ0) is 17.7. The lowest BCUT2D eigenvalue weighted by atomic mass is 9.79. The first-order chi connectivity index (χ1) is 12.1. The number of ether oxygens (including phenoxy) is 1. The Morgan fingerprint density at radius 2 is 2.04 bits per heavy atom. The van der Waals surface area contributed by atoms with Gasteiger partial charge in [0.15, 0.2) is 0 Å². The SMILES string of the molecule is Cc1sc(CCNC(=O)C2(CN)CCOCC2)nc1-c1ccccc1. The molecule has 1 aromatic carbocycles. The molecule has 3 N–H and O–H groups in total. The van der Waals surface area contributed by atoms with Crippen molar-refractivity contribution in [2.24, 2.45) is 11.1 Å². The molecule has 2 heterocycles. The number of hydrogen-bond donors (Lipinski definition) is 2. The molecule has 2 aromatic rings. The van der Waals surface area contributed by atoms with Gasteiger partial charge in [-0.05, 0) is 19.8 Å². The summed E-state index contributed by atoms with van der Waals surface area (Å²) in [5, 5.41) is 4.10. The van der Waals surface area contributed by atoms with Crippen LogP contribution < -0.4 is 11.1 Å². The van der Waals surface area contributed by atoms with E-state index in [2.05, 4.69) is 24.4 Å². The van der Waals surface area contributed by atoms with Gasteiger partial charge in [-0.15, -0.1) is 11.3 Å². The van der Waals surface area contributed by atoms with Crippen LogP contribution in [0.3, 0.4) is 0 Å². The van der Waals surface area contributed by atoms with Crippen LogP contribution in [0.25, 0.3) is 11.3 Å². The van der Waals surface area contributed by atoms with Gasteiger partial charge in [-0.25, -0.2) is 4.98 Å². The third-order valence-electron chi connectivity index (χ3n) is 4.83. The maximum Gasteiger partial charge on any atom is 0.227 e. The summed E-state index contributed by atoms with van der Waals surface area (Å²) >= 11 is 1.69. The van der Waals surface area contributed by atoms with Crippen molar-refractivity contribution in [3.63, 3.8) is 0 Å². The van der Waals surface area contributed by atoms with Crippen LogP contribution in [0.2, 0.25) is 0 Å². The Morgan fingerprint density at radius 3 is 2.72 bits per heavy atom. The van der Waals surface area contributed by atoms with E-state index in [0.717, 1.165) is 22.7 Å². The molecule has 1 amide bonds. The van der Waals surface area contributed by atoms with E-state index in [1.807, 2.05) is 18.2 Å². The minimum atomic E-state index is -0.466. The predicted molar refractivity (Wildman–Crippen MR) is 101 cm³/mol. The molecule has 5 nitrogen and oxygen atoms in total. The number of thiazole rings is 1. The average Bonchev–Trinajstić information content (AvgIpc) is 3.03. The molecule has 1 aromatic heterocycles. The number of amides is 1. The Bertz CT molecular complexity index is 709. The van der Waals surface area contributed by atoms with Gasteiger partial charge in [0.05, 0.1) is 16.1 Å². The number of carbonyl (C=O) groups is 1. The van der Waals surface area contributed by atoms with Gasteiger partial charge in [0.25, 0.3) is 0 Å². The molecule has 1 aliphatic heterocycles. The molecule has 1 aliphatic rings. The Labute approximate surface area is 152 Å². The van der Waals surface area contributed by atoms with E-state index in [9.17, 15) is 4.79 Å². The maximum absolute atomic E-state index is 12.6. The second-order valence-electron chi connectivity index (χ2n) is 6.48. The van der Waals surface area contributed by atoms with Crippen LogP contribution in [0.15, 0.2) is 30.3 Å². The fourth-order valence-electron chi connectivity index (χ4n) is 3.18. The molecule has 0 atom stereocenters. The summed E-state index contributed by atoms with van der Waals surface area (Å²) in [6, 6.07) is 10.2. The summed E-state index contributed by atoms with van der Waals surface area (Å²) in [7, 11) is 0. The number of rotatable bonds is 6. The zero-order valence-electron chi connectivity index (χ0n) is 14.6. The highest BCUT2D eigenvalue weighted by Gasteiger charge is 2.38. The Hall–Kier alpha value is -1.76. The van der Waals surface area contributed by atoms with Crippen molar-refractivity contribution in [3.8, 4) is 11.3 Å². The van der Waals surface area contributed by atoms with E-state index < -0.39 is 5.41 Å². The highest BCUT2D eigenvalue weighted by Crippen LogP contribution is 2.30. The predicted octanol–water partition coefficient (Wildman–Crippen LogP) is 2.53. The smallest absolute Gasteiger partial charge is 0.227 e. The summed E-state index contributed by atoms with van der Waals surface area (Å²) < 4.78 is 5.36. The lowest BCUT2D eigenvalue weighted by Gasteiger charge is -2.34. The number of nitrogens with one attached hydrogen (secondary N) is 1. The summed E-state index contributed by atoms with van der Waals surface area (Å²) in [6.45, 7) is 4.26. The third-order valence-corrected chi connectivity index (χ3v) is 5.87. The quantitative estimate of drug-likeness (QED) is 0.831. The first-order valence-electron chi connectivity index (χ1n) is 8.72. The lowest BCUT2D eigenvalue weighted by Crippen LogP contribution is -2.49. The summed E-state index contributed by atoms with van der Waals surface area (Å²) in [4.78, 5) is 18.5. The van der Waals surface area contributed by atoms with Gasteiger partial charge in [-0.2, -0.15) is 0 Å². The molecular formula is C19H25N3O2S. The largest absolute Gasteiger partial charge is 0.381 e. The van der Waals surface area contributed by atoms with Crippen molar-refractivity contribution >= 4 is 17.2 Å². The third kappa shape index (κ3) is 4.08. The van der Waals surface area contributed by atoms with E-state index in [1.54, 1.807) is 11.3 Å². The second-order valence-corrected chi connectivity index (χ2v) is 7.77. The van der Waals surface area contributed by atoms with Crippen LogP contribution in [-0.2, 0) is 16.0 Å². The molecule has 134 valence electrons. The second kappa shape index (κ2) is 8.08. The normalized spacial score (nSPS) is 16.6. The molecule has 6 heteroatoms. The molecule has 1 saturated heterocycles. The van der Waals surface area contributed by atoms with E-state index in [1.165, 1.54) is 4.88 Å². The maximum atomic E-state index is 12.6. The summed E-state index contributed by atoms with van der Waals surface area (Å²) in [6.07, 6.45) is 2.13. The van der Waals surface area contributed by atoms with E-state index >= 15 is 0 Å². The molecule has 1 fully saturated rings. The van der Waals surface area contributed by atoms with Crippen LogP contribution in [-0.4, -0.2) is 37.2 Å². The van der Waals surface area contributed by atoms with Crippen LogP contribution in [0, 0.1) is 12.3 Å². The number of aryl methyl sites for hydroxylation is 1. The molecule has 3 rings (SSSR count). The number of benzene rings is 1. The van der Waals surface area contributed by atoms with Crippen LogP contribution >= 0.6 is 11.3 Å². The van der Waals surface area contributed by atoms with Crippen molar-refractivity contribution in [3.05, 3.63) is 40.2 Å². The first kappa shape index (κ1) is 18.0. The molecule has 0 bridgehead atoms. The minimum Gasteiger partial charge on any atom is -0.381 e. The number of carbonyl (C=O) groups excluding carboxylic acids is 1. The summed E-state index contributed by atoms with van der Waals surface area (Å²) in [5.41, 5.74) is 7.59. The van der Waals surface area contributed by atoms with Crippen molar-refractivity contribution < 1.29 is 9.53 Å². The highest BCUT2D eigenvalue weighted by molar-refractivity contribution is 7.12. The van der Waals surface area contributed by atoms with Crippen LogP contribution in [0.5, 0.6) is 0 Å². The minimum absolute atomic E-state index is 0.0508. The van der Waals surface area contributed by atoms with Crippen molar-refractivity contribution in [1.82, 2.24) is 10.3 Å². The van der Waals surface area contributed by atoms with Crippen molar-refractivity contribution in [1.29, 1.82) is 0 Å². The topological polar surface area (TPSA) is 77.2 Å². The van der Waals surface area contributed by atoms with Gasteiger partial charge in [0.1, 0.15) is 0 Å². The molecule has 0 unspecified atom stereocenters. The number of nitrogens with zero attached hydrogens (tertiary/aromatic N) is 1. The molecule has 0 saturated carbocycles. The van der Waals surface area contributed by atoms with E-state index in [-0.39, 0.29) is 5.91 Å². The average molecular weight is 359 g/mol. The van der Waals surface area contributed by atoms with Crippen molar-refractivity contribution in [2.75, 3.05) is 26.3 Å². The Kier molecular flexibility index (Phi) is 5.83. The van der Waals surface area contributed by atoms with Gasteiger partial charge < -0.3 is 15.8 Å². The van der Waals surface area contributed by atoms with Crippen molar-refractivity contribution in [2.45, 2.75) is 26.2 Å². The molecule has 25 heavy (non-hydrogen) atoms. The van der Waals surface area contributed by atoms with Gasteiger partial charge in [0, 0.05) is 43.2 Å². The summed E-state index contributed by atoms with van der Waals surface area (Å²) in [5.74, 6) is 0.0508. The molecule has 0 spiro atoms. The van der Waals surface area contributed by atoms with Crippen LogP contribution in [0.1, 0.15) is 22.7 Å². The van der Waals surface area contributed by atoms with Gasteiger partial charge in [0.2, 0.25) is 5.91 Å². The Balaban J connectivity index is 1.58. The first-order valence-corrected chi connectivity index (χ1v) is 9.54. The fourth-order valence-corrected chi connectivity index (χ4v) is 4.13. The lowest BCUT2D eigenvalue weighted by molar-refractivity contribution is -0.135.